The minimum atomic E-state index is -3.46. The summed E-state index contributed by atoms with van der Waals surface area (Å²) in [6, 6.07) is -1.36. The number of aliphatic hydroxyl groups is 1. The van der Waals surface area contributed by atoms with E-state index in [2.05, 4.69) is 16.0 Å². The van der Waals surface area contributed by atoms with Crippen molar-refractivity contribution in [3.8, 4) is 0 Å². The smallest absolute Gasteiger partial charge is 0.408 e. The lowest BCUT2D eigenvalue weighted by atomic mass is 10.2. The average Bonchev–Trinajstić information content (AvgIpc) is 2.65. The Morgan fingerprint density at radius 2 is 1.69 bits per heavy atom. The molecule has 11 nitrogen and oxygen atoms in total. The number of thioether (sulfide) groups is 1. The van der Waals surface area contributed by atoms with Crippen molar-refractivity contribution in [2.45, 2.75) is 59.2 Å². The number of amides is 3. The van der Waals surface area contributed by atoms with E-state index in [-0.39, 0.29) is 38.3 Å². The van der Waals surface area contributed by atoms with Crippen molar-refractivity contribution in [3.05, 3.63) is 0 Å². The Balaban J connectivity index is 4.64. The molecule has 0 bridgehead atoms. The molecule has 0 aliphatic carbocycles. The Bertz CT molecular complexity index is 635. The molecule has 0 heterocycles. The van der Waals surface area contributed by atoms with Crippen LogP contribution in [0.1, 0.15) is 41.5 Å². The Kier molecular flexibility index (Phi) is 14.9. The van der Waals surface area contributed by atoms with Crippen molar-refractivity contribution < 1.29 is 37.8 Å². The van der Waals surface area contributed by atoms with E-state index in [1.54, 1.807) is 41.5 Å². The first-order valence-electron chi connectivity index (χ1n) is 10.5. The van der Waals surface area contributed by atoms with Gasteiger partial charge in [-0.25, -0.2) is 4.79 Å². The van der Waals surface area contributed by atoms with Crippen molar-refractivity contribution in [2.24, 2.45) is 0 Å². The molecule has 0 spiro atoms. The number of hydrogen-bond acceptors (Lipinski definition) is 9. The summed E-state index contributed by atoms with van der Waals surface area (Å²) in [7, 11) is -3.46. The minimum Gasteiger partial charge on any atom is -0.444 e. The number of aliphatic hydroxyl groups excluding tert-OH is 1. The van der Waals surface area contributed by atoms with Crippen LogP contribution in [0.5, 0.6) is 0 Å². The summed E-state index contributed by atoms with van der Waals surface area (Å²) in [5.74, 6) is -0.262. The van der Waals surface area contributed by atoms with E-state index in [1.807, 2.05) is 0 Å². The third-order valence-corrected chi connectivity index (χ3v) is 6.55. The van der Waals surface area contributed by atoms with E-state index < -0.39 is 43.2 Å². The Morgan fingerprint density at radius 1 is 1.09 bits per heavy atom. The Morgan fingerprint density at radius 3 is 2.19 bits per heavy atom. The second kappa shape index (κ2) is 15.5. The summed E-state index contributed by atoms with van der Waals surface area (Å²) in [6.07, 6.45) is -1.10. The van der Waals surface area contributed by atoms with Gasteiger partial charge < -0.3 is 34.8 Å². The molecule has 0 radical (unpaired) electrons. The van der Waals surface area contributed by atoms with Crippen LogP contribution >= 0.6 is 19.4 Å². The van der Waals surface area contributed by atoms with E-state index in [9.17, 15) is 18.9 Å². The van der Waals surface area contributed by atoms with Crippen LogP contribution in [0.15, 0.2) is 0 Å². The highest BCUT2D eigenvalue weighted by molar-refractivity contribution is 7.99. The lowest BCUT2D eigenvalue weighted by Gasteiger charge is -2.24. The molecule has 32 heavy (non-hydrogen) atoms. The summed E-state index contributed by atoms with van der Waals surface area (Å²) < 4.78 is 27.7. The average molecular weight is 500 g/mol. The van der Waals surface area contributed by atoms with Crippen molar-refractivity contribution in [3.63, 3.8) is 0 Å². The summed E-state index contributed by atoms with van der Waals surface area (Å²) >= 11 is 1.32. The highest BCUT2D eigenvalue weighted by atomic mass is 32.2. The maximum absolute atomic E-state index is 12.4. The molecule has 188 valence electrons. The first-order chi connectivity index (χ1) is 14.9. The highest BCUT2D eigenvalue weighted by Crippen LogP contribution is 2.47. The Hall–Kier alpha value is -1.33. The number of alkyl carbamates (subject to hydrolysis) is 1. The molecular weight excluding hydrogens is 461 g/mol. The van der Waals surface area contributed by atoms with E-state index in [4.69, 9.17) is 18.9 Å². The van der Waals surface area contributed by atoms with Gasteiger partial charge in [-0.2, -0.15) is 11.8 Å². The molecule has 0 saturated heterocycles. The predicted molar refractivity (Wildman–Crippen MR) is 124 cm³/mol. The van der Waals surface area contributed by atoms with Crippen LogP contribution in [0.25, 0.3) is 0 Å². The summed E-state index contributed by atoms with van der Waals surface area (Å²) in [5, 5.41) is 16.9. The number of rotatable bonds is 15. The lowest BCUT2D eigenvalue weighted by Crippen LogP contribution is -2.52. The molecule has 0 aliphatic rings. The van der Waals surface area contributed by atoms with Gasteiger partial charge in [-0.05, 0) is 41.5 Å². The molecule has 0 aromatic rings. The van der Waals surface area contributed by atoms with Crippen LogP contribution in [0, 0.1) is 0 Å². The third kappa shape index (κ3) is 14.7. The molecule has 0 fully saturated rings. The third-order valence-electron chi connectivity index (χ3n) is 3.51. The largest absolute Gasteiger partial charge is 0.444 e. The van der Waals surface area contributed by atoms with Gasteiger partial charge in [0.1, 0.15) is 17.8 Å². The van der Waals surface area contributed by atoms with Gasteiger partial charge in [-0.3, -0.25) is 14.2 Å². The van der Waals surface area contributed by atoms with Gasteiger partial charge in [-0.1, -0.05) is 0 Å². The summed E-state index contributed by atoms with van der Waals surface area (Å²) in [5.41, 5.74) is -0.719. The normalized spacial score (nSPS) is 13.7. The second-order valence-corrected chi connectivity index (χ2v) is 11.0. The lowest BCUT2D eigenvalue weighted by molar-refractivity contribution is -0.123. The van der Waals surface area contributed by atoms with Crippen LogP contribution in [-0.4, -0.2) is 84.7 Å². The zero-order chi connectivity index (χ0) is 24.8. The zero-order valence-corrected chi connectivity index (χ0v) is 21.5. The standard InChI is InChI=1S/C19H38N3O8PS/c1-7-28-31(27,29-8-2)12-16(24)20-9-10-32-13-15(17(25)21-14(3)11-23)22-18(26)30-19(4,5)6/h14-15,23H,7-13H2,1-6H3,(H,20,24)(H,21,25)(H,22,26)/t14-,15+/m0/s1. The molecule has 4 N–H and O–H groups in total. The summed E-state index contributed by atoms with van der Waals surface area (Å²) in [4.78, 5) is 36.5. The van der Waals surface area contributed by atoms with Gasteiger partial charge in [0.15, 0.2) is 0 Å². The fraction of sp³-hybridized carbons (Fsp3) is 0.842. The minimum absolute atomic E-state index is 0.170. The topological polar surface area (TPSA) is 152 Å². The molecule has 0 aromatic heterocycles. The molecule has 3 amide bonds. The van der Waals surface area contributed by atoms with Crippen LogP contribution in [0.2, 0.25) is 0 Å². The number of hydrogen-bond donors (Lipinski definition) is 4. The zero-order valence-electron chi connectivity index (χ0n) is 19.8. The first kappa shape index (κ1) is 30.7. The van der Waals surface area contributed by atoms with Gasteiger partial charge >= 0.3 is 13.7 Å². The molecule has 0 aromatic carbocycles. The summed E-state index contributed by atoms with van der Waals surface area (Å²) in [6.45, 7) is 10.5. The monoisotopic (exact) mass is 499 g/mol. The van der Waals surface area contributed by atoms with E-state index >= 15 is 0 Å². The quantitative estimate of drug-likeness (QED) is 0.194. The molecular formula is C19H38N3O8PS. The fourth-order valence-corrected chi connectivity index (χ4v) is 4.63. The van der Waals surface area contributed by atoms with Gasteiger partial charge in [0, 0.05) is 24.1 Å². The van der Waals surface area contributed by atoms with Crippen molar-refractivity contribution >= 4 is 37.3 Å². The molecule has 0 rings (SSSR count). The number of nitrogens with one attached hydrogen (secondary N) is 3. The van der Waals surface area contributed by atoms with E-state index in [1.165, 1.54) is 11.8 Å². The Labute approximate surface area is 194 Å². The second-order valence-electron chi connectivity index (χ2n) is 7.82. The fourth-order valence-electron chi connectivity index (χ4n) is 2.24. The maximum atomic E-state index is 12.4. The van der Waals surface area contributed by atoms with Crippen LogP contribution in [-0.2, 0) is 27.9 Å². The van der Waals surface area contributed by atoms with Crippen molar-refractivity contribution in [1.82, 2.24) is 16.0 Å². The van der Waals surface area contributed by atoms with Gasteiger partial charge in [0.2, 0.25) is 11.8 Å². The maximum Gasteiger partial charge on any atom is 0.408 e. The van der Waals surface area contributed by atoms with Crippen molar-refractivity contribution in [1.29, 1.82) is 0 Å². The first-order valence-corrected chi connectivity index (χ1v) is 13.4. The van der Waals surface area contributed by atoms with E-state index in [0.717, 1.165) is 0 Å². The van der Waals surface area contributed by atoms with Gasteiger partial charge in [-0.15, -0.1) is 0 Å². The number of ether oxygens (including phenoxy) is 1. The predicted octanol–water partition coefficient (Wildman–Crippen LogP) is 1.49. The molecule has 0 unspecified atom stereocenters. The van der Waals surface area contributed by atoms with Gasteiger partial charge in [0.05, 0.1) is 19.8 Å². The molecule has 13 heteroatoms. The highest BCUT2D eigenvalue weighted by Gasteiger charge is 2.28. The number of carbonyl (C=O) groups is 3. The molecule has 2 atom stereocenters. The molecule has 0 aliphatic heterocycles. The van der Waals surface area contributed by atoms with E-state index in [0.29, 0.717) is 5.75 Å². The SMILES string of the molecule is CCOP(=O)(CC(=O)NCCSC[C@@H](NC(=O)OC(C)(C)C)C(=O)N[C@@H](C)CO)OCC. The number of carbonyl (C=O) groups excluding carboxylic acids is 3. The van der Waals surface area contributed by atoms with Gasteiger partial charge in [0.25, 0.3) is 0 Å². The van der Waals surface area contributed by atoms with Crippen LogP contribution < -0.4 is 16.0 Å². The molecule has 0 saturated carbocycles. The van der Waals surface area contributed by atoms with Crippen LogP contribution in [0.4, 0.5) is 4.79 Å². The van der Waals surface area contributed by atoms with Crippen LogP contribution in [0.3, 0.4) is 0 Å². The van der Waals surface area contributed by atoms with Crippen molar-refractivity contribution in [2.75, 3.05) is 44.0 Å².